The monoisotopic (exact) mass is 368 g/mol. The van der Waals surface area contributed by atoms with Crippen LogP contribution in [0.5, 0.6) is 5.75 Å². The second-order valence-corrected chi connectivity index (χ2v) is 6.31. The van der Waals surface area contributed by atoms with E-state index in [2.05, 4.69) is 22.1 Å². The molecule has 142 valence electrons. The molecular weight excluding hydrogens is 344 g/mol. The Balaban J connectivity index is 1.71. The Morgan fingerprint density at radius 3 is 2.59 bits per heavy atom. The van der Waals surface area contributed by atoms with Gasteiger partial charge < -0.3 is 19.9 Å². The SMILES string of the molecule is CCN1CCN(C(=O)c2cc(C(=O)Nc3ccccc3OC)ccn2)CC1. The molecule has 0 atom stereocenters. The topological polar surface area (TPSA) is 74.8 Å². The highest BCUT2D eigenvalue weighted by molar-refractivity contribution is 6.06. The zero-order valence-electron chi connectivity index (χ0n) is 15.6. The molecule has 0 spiro atoms. The summed E-state index contributed by atoms with van der Waals surface area (Å²) in [5.74, 6) is 0.120. The van der Waals surface area contributed by atoms with Crippen molar-refractivity contribution in [2.24, 2.45) is 0 Å². The summed E-state index contributed by atoms with van der Waals surface area (Å²) in [6.07, 6.45) is 1.49. The molecule has 0 unspecified atom stereocenters. The first-order valence-electron chi connectivity index (χ1n) is 9.04. The zero-order chi connectivity index (χ0) is 19.2. The average molecular weight is 368 g/mol. The van der Waals surface area contributed by atoms with Gasteiger partial charge in [-0.05, 0) is 30.8 Å². The molecule has 1 fully saturated rings. The van der Waals surface area contributed by atoms with E-state index in [1.165, 1.54) is 6.20 Å². The number of likely N-dealkylation sites (N-methyl/N-ethyl adjacent to an activating group) is 1. The molecule has 1 N–H and O–H groups in total. The van der Waals surface area contributed by atoms with Crippen LogP contribution < -0.4 is 10.1 Å². The van der Waals surface area contributed by atoms with Gasteiger partial charge in [-0.2, -0.15) is 0 Å². The Morgan fingerprint density at radius 2 is 1.89 bits per heavy atom. The lowest BCUT2D eigenvalue weighted by Crippen LogP contribution is -2.48. The first-order chi connectivity index (χ1) is 13.1. The summed E-state index contributed by atoms with van der Waals surface area (Å²) >= 11 is 0. The van der Waals surface area contributed by atoms with Gasteiger partial charge in [-0.15, -0.1) is 0 Å². The molecule has 0 bridgehead atoms. The quantitative estimate of drug-likeness (QED) is 0.875. The first-order valence-corrected chi connectivity index (χ1v) is 9.04. The Kier molecular flexibility index (Phi) is 6.03. The molecule has 0 aliphatic carbocycles. The van der Waals surface area contributed by atoms with Crippen LogP contribution in [0.3, 0.4) is 0 Å². The maximum Gasteiger partial charge on any atom is 0.272 e. The standard InChI is InChI=1S/C20H24N4O3/c1-3-23-10-12-24(13-11-23)20(26)17-14-15(8-9-21-17)19(25)22-16-6-4-5-7-18(16)27-2/h4-9,14H,3,10-13H2,1-2H3,(H,22,25). The van der Waals surface area contributed by atoms with Gasteiger partial charge in [0.1, 0.15) is 11.4 Å². The molecule has 0 saturated carbocycles. The number of methoxy groups -OCH3 is 1. The van der Waals surface area contributed by atoms with Crippen LogP contribution in [0.25, 0.3) is 0 Å². The highest BCUT2D eigenvalue weighted by Crippen LogP contribution is 2.23. The smallest absolute Gasteiger partial charge is 0.272 e. The number of rotatable bonds is 5. The lowest BCUT2D eigenvalue weighted by atomic mass is 10.2. The number of amides is 2. The number of aromatic nitrogens is 1. The maximum atomic E-state index is 12.7. The van der Waals surface area contributed by atoms with E-state index in [0.717, 1.165) is 19.6 Å². The second kappa shape index (κ2) is 8.64. The number of para-hydroxylation sites is 2. The molecule has 1 aliphatic rings. The number of ether oxygens (including phenoxy) is 1. The Bertz CT molecular complexity index is 816. The normalized spacial score (nSPS) is 14.7. The van der Waals surface area contributed by atoms with Gasteiger partial charge in [0.15, 0.2) is 0 Å². The number of piperazine rings is 1. The van der Waals surface area contributed by atoms with Crippen LogP contribution in [0.1, 0.15) is 27.8 Å². The largest absolute Gasteiger partial charge is 0.495 e. The third-order valence-electron chi connectivity index (χ3n) is 4.70. The number of nitrogens with one attached hydrogen (secondary N) is 1. The molecule has 27 heavy (non-hydrogen) atoms. The van der Waals surface area contributed by atoms with Crippen molar-refractivity contribution in [3.63, 3.8) is 0 Å². The molecule has 1 saturated heterocycles. The molecular formula is C20H24N4O3. The molecule has 1 aliphatic heterocycles. The van der Waals surface area contributed by atoms with Crippen molar-refractivity contribution in [3.8, 4) is 5.75 Å². The predicted molar refractivity (Wildman–Crippen MR) is 103 cm³/mol. The van der Waals surface area contributed by atoms with Crippen molar-refractivity contribution in [3.05, 3.63) is 53.9 Å². The highest BCUT2D eigenvalue weighted by atomic mass is 16.5. The van der Waals surface area contributed by atoms with Crippen LogP contribution in [0.15, 0.2) is 42.6 Å². The van der Waals surface area contributed by atoms with Crippen molar-refractivity contribution in [2.75, 3.05) is 45.2 Å². The number of carbonyl (C=O) groups excluding carboxylic acids is 2. The van der Waals surface area contributed by atoms with Crippen molar-refractivity contribution in [1.29, 1.82) is 0 Å². The summed E-state index contributed by atoms with van der Waals surface area (Å²) in [4.78, 5) is 33.6. The minimum absolute atomic E-state index is 0.141. The third kappa shape index (κ3) is 4.43. The van der Waals surface area contributed by atoms with Gasteiger partial charge in [-0.1, -0.05) is 19.1 Å². The molecule has 2 heterocycles. The predicted octanol–water partition coefficient (Wildman–Crippen LogP) is 2.12. The van der Waals surface area contributed by atoms with Crippen LogP contribution >= 0.6 is 0 Å². The fourth-order valence-corrected chi connectivity index (χ4v) is 3.06. The molecule has 2 amide bonds. The number of carbonyl (C=O) groups is 2. The number of benzene rings is 1. The van der Waals surface area contributed by atoms with E-state index >= 15 is 0 Å². The summed E-state index contributed by atoms with van der Waals surface area (Å²) in [5.41, 5.74) is 1.24. The summed E-state index contributed by atoms with van der Waals surface area (Å²) in [7, 11) is 1.55. The van der Waals surface area contributed by atoms with Crippen LogP contribution in [-0.4, -0.2) is 66.4 Å². The lowest BCUT2D eigenvalue weighted by Gasteiger charge is -2.33. The number of hydrogen-bond acceptors (Lipinski definition) is 5. The van der Waals surface area contributed by atoms with Gasteiger partial charge in [0.2, 0.25) is 0 Å². The molecule has 0 radical (unpaired) electrons. The van der Waals surface area contributed by atoms with E-state index in [-0.39, 0.29) is 17.5 Å². The van der Waals surface area contributed by atoms with Gasteiger partial charge in [0.25, 0.3) is 11.8 Å². The van der Waals surface area contributed by atoms with Crippen LogP contribution in [0.4, 0.5) is 5.69 Å². The second-order valence-electron chi connectivity index (χ2n) is 6.31. The average Bonchev–Trinajstić information content (AvgIpc) is 2.73. The van der Waals surface area contributed by atoms with E-state index < -0.39 is 0 Å². The molecule has 3 rings (SSSR count). The summed E-state index contributed by atoms with van der Waals surface area (Å²) in [6.45, 7) is 6.16. The van der Waals surface area contributed by atoms with Gasteiger partial charge in [-0.3, -0.25) is 14.6 Å². The van der Waals surface area contributed by atoms with E-state index in [0.29, 0.717) is 30.1 Å². The van der Waals surface area contributed by atoms with Gasteiger partial charge in [-0.25, -0.2) is 0 Å². The molecule has 7 nitrogen and oxygen atoms in total. The summed E-state index contributed by atoms with van der Waals surface area (Å²) < 4.78 is 5.25. The van der Waals surface area contributed by atoms with Gasteiger partial charge in [0, 0.05) is 37.9 Å². The fourth-order valence-electron chi connectivity index (χ4n) is 3.06. The van der Waals surface area contributed by atoms with Crippen LogP contribution in [0.2, 0.25) is 0 Å². The minimum atomic E-state index is -0.313. The number of pyridine rings is 1. The minimum Gasteiger partial charge on any atom is -0.495 e. The first kappa shape index (κ1) is 18.8. The molecule has 7 heteroatoms. The fraction of sp³-hybridized carbons (Fsp3) is 0.350. The Morgan fingerprint density at radius 1 is 1.15 bits per heavy atom. The van der Waals surface area contributed by atoms with Crippen molar-refractivity contribution in [1.82, 2.24) is 14.8 Å². The molecule has 1 aromatic heterocycles. The van der Waals surface area contributed by atoms with E-state index in [1.54, 1.807) is 36.3 Å². The molecule has 1 aromatic carbocycles. The van der Waals surface area contributed by atoms with Crippen LogP contribution in [0, 0.1) is 0 Å². The Hall–Kier alpha value is -2.93. The van der Waals surface area contributed by atoms with Crippen LogP contribution in [-0.2, 0) is 0 Å². The Labute approximate surface area is 158 Å². The third-order valence-corrected chi connectivity index (χ3v) is 4.70. The van der Waals surface area contributed by atoms with Crippen molar-refractivity contribution < 1.29 is 14.3 Å². The van der Waals surface area contributed by atoms with E-state index in [1.807, 2.05) is 12.1 Å². The van der Waals surface area contributed by atoms with Crippen molar-refractivity contribution >= 4 is 17.5 Å². The maximum absolute atomic E-state index is 12.7. The van der Waals surface area contributed by atoms with Gasteiger partial charge in [0.05, 0.1) is 12.8 Å². The van der Waals surface area contributed by atoms with E-state index in [9.17, 15) is 9.59 Å². The van der Waals surface area contributed by atoms with Crippen molar-refractivity contribution in [2.45, 2.75) is 6.92 Å². The highest BCUT2D eigenvalue weighted by Gasteiger charge is 2.23. The number of anilines is 1. The zero-order valence-corrected chi connectivity index (χ0v) is 15.6. The summed E-state index contributed by atoms with van der Waals surface area (Å²) in [5, 5.41) is 2.81. The number of nitrogens with zero attached hydrogens (tertiary/aromatic N) is 3. The summed E-state index contributed by atoms with van der Waals surface area (Å²) in [6, 6.07) is 10.3. The molecule has 2 aromatic rings. The number of hydrogen-bond donors (Lipinski definition) is 1. The van der Waals surface area contributed by atoms with Gasteiger partial charge >= 0.3 is 0 Å². The lowest BCUT2D eigenvalue weighted by molar-refractivity contribution is 0.0637. The van der Waals surface area contributed by atoms with E-state index in [4.69, 9.17) is 4.74 Å².